The molecular formula is C60H63NO20S2. The minimum absolute atomic E-state index is 0.0637. The van der Waals surface area contributed by atoms with Crippen LogP contribution in [0.5, 0.6) is 23.0 Å². The maximum atomic E-state index is 13.7. The molecular weight excluding hydrogens is 1120 g/mol. The van der Waals surface area contributed by atoms with Crippen LogP contribution in [0, 0.1) is 37.2 Å². The van der Waals surface area contributed by atoms with Gasteiger partial charge in [0.2, 0.25) is 0 Å². The standard InChI is InChI=1S/C60H63NO20S2/c1-5-47(62)74-31-33-76-51(66)25-23-49(64)72-29-27-38-7-19-44(20-8-38)78-57(68)40-11-15-42(16-12-40)59(70)80-46-35-37(3)54(56-55(46)82-53(83-56)36-61-4)81-60(71)43-17-13-41(14-18-43)58(69)79-45-21-9-39(10-22-45)28-30-73-50(65)24-26-52(67)77-34-32-75-48(63)6-2/h5-10,19-22,35-36,40-43H,1-2,11-18,23-34H2,3H3/b53-36+. The molecule has 0 aromatic heterocycles. The number of carbonyl (C=O) groups excluding carboxylic acids is 10. The van der Waals surface area contributed by atoms with Crippen LogP contribution in [0.3, 0.4) is 0 Å². The van der Waals surface area contributed by atoms with Gasteiger partial charge >= 0.3 is 59.7 Å². The summed E-state index contributed by atoms with van der Waals surface area (Å²) >= 11 is 2.48. The predicted octanol–water partition coefficient (Wildman–Crippen LogP) is 8.82. The van der Waals surface area contributed by atoms with E-state index in [0.717, 1.165) is 23.3 Å². The molecule has 440 valence electrons. The molecule has 0 spiro atoms. The van der Waals surface area contributed by atoms with Crippen molar-refractivity contribution < 1.29 is 95.3 Å². The number of aryl methyl sites for hydroxylation is 1. The van der Waals surface area contributed by atoms with Crippen molar-refractivity contribution in [2.24, 2.45) is 23.7 Å². The van der Waals surface area contributed by atoms with Crippen LogP contribution in [0.25, 0.3) is 4.85 Å². The molecule has 3 aliphatic rings. The summed E-state index contributed by atoms with van der Waals surface area (Å²) in [5, 5.41) is 0. The monoisotopic (exact) mass is 1180 g/mol. The highest BCUT2D eigenvalue weighted by molar-refractivity contribution is 8.24. The molecule has 6 rings (SSSR count). The first-order valence-corrected chi connectivity index (χ1v) is 28.5. The van der Waals surface area contributed by atoms with Crippen molar-refractivity contribution in [2.75, 3.05) is 39.6 Å². The van der Waals surface area contributed by atoms with Crippen molar-refractivity contribution in [2.45, 2.75) is 107 Å². The maximum Gasteiger partial charge on any atom is 0.330 e. The lowest BCUT2D eigenvalue weighted by molar-refractivity contribution is -0.152. The minimum atomic E-state index is -0.639. The molecule has 1 aliphatic heterocycles. The van der Waals surface area contributed by atoms with E-state index in [-0.39, 0.29) is 71.1 Å². The van der Waals surface area contributed by atoms with E-state index >= 15 is 0 Å². The average Bonchev–Trinajstić information content (AvgIpc) is 3.00. The number of thioether (sulfide) groups is 2. The fourth-order valence-corrected chi connectivity index (χ4v) is 11.2. The van der Waals surface area contributed by atoms with Crippen molar-refractivity contribution in [1.29, 1.82) is 0 Å². The zero-order valence-electron chi connectivity index (χ0n) is 45.7. The van der Waals surface area contributed by atoms with Gasteiger partial charge in [-0.2, -0.15) is 0 Å². The van der Waals surface area contributed by atoms with Crippen molar-refractivity contribution in [3.05, 3.63) is 118 Å². The fraction of sp³-hybridized carbons (Fsp3) is 0.417. The van der Waals surface area contributed by atoms with E-state index in [1.54, 1.807) is 61.5 Å². The SMILES string of the molecule is [C-]#[N+]/C=C1\Sc2c(OC(=O)C3CCC(C(=O)Oc4ccc(CCOC(=O)CCC(=O)OCCOC(=O)C=C)cc4)CC3)cc(C)c(OC(=O)C3CCC(C(=O)Oc4ccc(CCOC(=O)CCC(=O)OCCOC(=O)C=C)cc4)CC3)c2S1. The molecule has 0 N–H and O–H groups in total. The molecule has 0 radical (unpaired) electrons. The highest BCUT2D eigenvalue weighted by Gasteiger charge is 2.37. The van der Waals surface area contributed by atoms with Gasteiger partial charge in [-0.15, -0.1) is 0 Å². The highest BCUT2D eigenvalue weighted by atomic mass is 32.2. The predicted molar refractivity (Wildman–Crippen MR) is 296 cm³/mol. The topological polar surface area (TPSA) is 267 Å². The van der Waals surface area contributed by atoms with E-state index in [1.165, 1.54) is 29.7 Å². The molecule has 0 atom stereocenters. The summed E-state index contributed by atoms with van der Waals surface area (Å²) in [5.41, 5.74) is 2.18. The Kier molecular flexibility index (Phi) is 25.4. The summed E-state index contributed by atoms with van der Waals surface area (Å²) in [6, 6.07) is 15.2. The number of hydrogen-bond acceptors (Lipinski definition) is 22. The Labute approximate surface area is 487 Å². The summed E-state index contributed by atoms with van der Waals surface area (Å²) < 4.78 is 53.7. The first-order chi connectivity index (χ1) is 40.0. The van der Waals surface area contributed by atoms with E-state index in [9.17, 15) is 47.9 Å². The van der Waals surface area contributed by atoms with Crippen LogP contribution in [-0.2, 0) is 89.2 Å². The number of esters is 10. The molecule has 2 saturated carbocycles. The van der Waals surface area contributed by atoms with Crippen molar-refractivity contribution >= 4 is 83.2 Å². The molecule has 2 fully saturated rings. The lowest BCUT2D eigenvalue weighted by Gasteiger charge is -2.27. The van der Waals surface area contributed by atoms with Crippen LogP contribution < -0.4 is 18.9 Å². The number of hydrogen-bond donors (Lipinski definition) is 0. The lowest BCUT2D eigenvalue weighted by atomic mass is 9.82. The lowest BCUT2D eigenvalue weighted by Crippen LogP contribution is -2.31. The molecule has 0 amide bonds. The third-order valence-corrected chi connectivity index (χ3v) is 15.7. The van der Waals surface area contributed by atoms with Gasteiger partial charge in [0, 0.05) is 29.2 Å². The fourth-order valence-electron chi connectivity index (χ4n) is 8.77. The van der Waals surface area contributed by atoms with Crippen LogP contribution in [0.1, 0.15) is 93.7 Å². The van der Waals surface area contributed by atoms with E-state index in [2.05, 4.69) is 18.0 Å². The summed E-state index contributed by atoms with van der Waals surface area (Å²) in [5.74, 6) is -6.10. The molecule has 0 unspecified atom stereocenters. The Bertz CT molecular complexity index is 2950. The molecule has 0 saturated heterocycles. The largest absolute Gasteiger partial charge is 0.465 e. The highest BCUT2D eigenvalue weighted by Crippen LogP contribution is 2.59. The summed E-state index contributed by atoms with van der Waals surface area (Å²) in [4.78, 5) is 128. The Morgan fingerprint density at radius 2 is 0.843 bits per heavy atom. The maximum absolute atomic E-state index is 13.7. The Balaban J connectivity index is 0.891. The van der Waals surface area contributed by atoms with Gasteiger partial charge in [0.15, 0.2) is 6.20 Å². The number of ether oxygens (including phenoxy) is 10. The Hall–Kier alpha value is -8.23. The second-order valence-electron chi connectivity index (χ2n) is 19.2. The molecule has 2 aliphatic carbocycles. The van der Waals surface area contributed by atoms with Crippen LogP contribution in [0.2, 0.25) is 0 Å². The minimum Gasteiger partial charge on any atom is -0.465 e. The van der Waals surface area contributed by atoms with Gasteiger partial charge in [0.05, 0.1) is 78.9 Å². The van der Waals surface area contributed by atoms with E-state index in [4.69, 9.17) is 53.9 Å². The van der Waals surface area contributed by atoms with Gasteiger partial charge in [0.1, 0.15) is 49.4 Å². The van der Waals surface area contributed by atoms with Crippen LogP contribution >= 0.6 is 23.5 Å². The molecule has 83 heavy (non-hydrogen) atoms. The zero-order chi connectivity index (χ0) is 59.7. The smallest absolute Gasteiger partial charge is 0.330 e. The molecule has 23 heteroatoms. The van der Waals surface area contributed by atoms with Crippen molar-refractivity contribution in [1.82, 2.24) is 0 Å². The number of benzene rings is 3. The zero-order valence-corrected chi connectivity index (χ0v) is 47.4. The number of rotatable bonds is 28. The van der Waals surface area contributed by atoms with E-state index in [1.807, 2.05) is 0 Å². The number of carbonyl (C=O) groups is 10. The van der Waals surface area contributed by atoms with Gasteiger partial charge in [-0.3, -0.25) is 38.4 Å². The second kappa shape index (κ2) is 33.0. The first kappa shape index (κ1) is 63.9. The van der Waals surface area contributed by atoms with Crippen molar-refractivity contribution in [3.8, 4) is 23.0 Å². The Morgan fingerprint density at radius 3 is 1.23 bits per heavy atom. The average molecular weight is 1180 g/mol. The molecule has 21 nitrogen and oxygen atoms in total. The second-order valence-corrected chi connectivity index (χ2v) is 21.5. The first-order valence-electron chi connectivity index (χ1n) is 26.9. The van der Waals surface area contributed by atoms with Gasteiger partial charge in [-0.1, -0.05) is 60.9 Å². The van der Waals surface area contributed by atoms with E-state index in [0.29, 0.717) is 101 Å². The summed E-state index contributed by atoms with van der Waals surface area (Å²) in [7, 11) is 0. The molecule has 1 heterocycles. The number of fused-ring (bicyclic) bond motifs is 1. The molecule has 3 aromatic carbocycles. The Morgan fingerprint density at radius 1 is 0.494 bits per heavy atom. The number of nitrogens with zero attached hydrogens (tertiary/aromatic N) is 1. The van der Waals surface area contributed by atoms with Gasteiger partial charge < -0.3 is 47.4 Å². The van der Waals surface area contributed by atoms with Gasteiger partial charge in [-0.25, -0.2) is 14.4 Å². The van der Waals surface area contributed by atoms with Crippen LogP contribution in [0.15, 0.2) is 100 Å². The third-order valence-electron chi connectivity index (χ3n) is 13.3. The quantitative estimate of drug-likeness (QED) is 0.0164. The molecule has 0 bridgehead atoms. The van der Waals surface area contributed by atoms with Crippen LogP contribution in [-0.4, -0.2) is 99.3 Å². The normalized spacial score (nSPS) is 17.4. The van der Waals surface area contributed by atoms with Gasteiger partial charge in [0.25, 0.3) is 0 Å². The summed E-state index contributed by atoms with van der Waals surface area (Å²) in [6.45, 7) is 15.3. The summed E-state index contributed by atoms with van der Waals surface area (Å²) in [6.07, 6.45) is 6.47. The third kappa shape index (κ3) is 20.9. The van der Waals surface area contributed by atoms with Gasteiger partial charge in [-0.05, 0) is 105 Å². The molecule has 3 aromatic rings. The van der Waals surface area contributed by atoms with Crippen LogP contribution in [0.4, 0.5) is 0 Å². The van der Waals surface area contributed by atoms with Crippen molar-refractivity contribution in [3.63, 3.8) is 0 Å². The van der Waals surface area contributed by atoms with E-state index < -0.39 is 83.4 Å².